The van der Waals surface area contributed by atoms with Gasteiger partial charge in [-0.1, -0.05) is 35.9 Å². The molecule has 0 aliphatic carbocycles. The molecule has 10 heteroatoms. The Hall–Kier alpha value is -3.30. The lowest BCUT2D eigenvalue weighted by molar-refractivity contribution is 0.696. The van der Waals surface area contributed by atoms with Gasteiger partial charge in [-0.2, -0.15) is 0 Å². The normalized spacial score (nSPS) is 11.6. The van der Waals surface area contributed by atoms with Gasteiger partial charge in [0.15, 0.2) is 21.5 Å². The van der Waals surface area contributed by atoms with Crippen LogP contribution in [0, 0.1) is 0 Å². The molecule has 0 aliphatic rings. The Labute approximate surface area is 185 Å². The maximum absolute atomic E-state index is 13.0. The predicted octanol–water partition coefficient (Wildman–Crippen LogP) is 3.16. The molecule has 1 N–H and O–H groups in total. The van der Waals surface area contributed by atoms with E-state index in [1.807, 2.05) is 41.0 Å². The van der Waals surface area contributed by atoms with E-state index in [-0.39, 0.29) is 0 Å². The Balaban J connectivity index is 1.71. The molecule has 0 saturated carbocycles. The van der Waals surface area contributed by atoms with Crippen LogP contribution in [-0.4, -0.2) is 28.7 Å². The van der Waals surface area contributed by atoms with E-state index in [1.165, 1.54) is 23.4 Å². The zero-order valence-electron chi connectivity index (χ0n) is 16.7. The largest absolute Gasteiger partial charge is 0.333 e. The number of benzene rings is 2. The summed E-state index contributed by atoms with van der Waals surface area (Å²) >= 11 is 7.34. The van der Waals surface area contributed by atoms with Crippen molar-refractivity contribution in [3.05, 3.63) is 80.0 Å². The van der Waals surface area contributed by atoms with E-state index in [2.05, 4.69) is 15.0 Å². The van der Waals surface area contributed by atoms with Crippen molar-refractivity contribution in [1.82, 2.24) is 28.7 Å². The summed E-state index contributed by atoms with van der Waals surface area (Å²) in [6.45, 7) is 0.393. The van der Waals surface area contributed by atoms with Gasteiger partial charge in [0.25, 0.3) is 5.56 Å². The topological polar surface area (TPSA) is 90.5 Å². The van der Waals surface area contributed by atoms with Crippen molar-refractivity contribution in [1.29, 1.82) is 0 Å². The van der Waals surface area contributed by atoms with Gasteiger partial charge >= 0.3 is 5.69 Å². The van der Waals surface area contributed by atoms with Crippen molar-refractivity contribution in [3.63, 3.8) is 0 Å². The number of H-pyrrole nitrogens is 1. The van der Waals surface area contributed by atoms with Gasteiger partial charge in [0, 0.05) is 19.1 Å². The average Bonchev–Trinajstić information content (AvgIpc) is 3.33. The van der Waals surface area contributed by atoms with Gasteiger partial charge in [-0.25, -0.2) is 14.8 Å². The highest BCUT2D eigenvalue weighted by Gasteiger charge is 2.21. The number of para-hydroxylation sites is 2. The molecule has 0 bridgehead atoms. The minimum absolute atomic E-state index is 0.334. The summed E-state index contributed by atoms with van der Waals surface area (Å²) in [4.78, 5) is 38.0. The Morgan fingerprint density at radius 1 is 1.00 bits per heavy atom. The first-order chi connectivity index (χ1) is 14.9. The molecule has 5 rings (SSSR count). The third-order valence-electron chi connectivity index (χ3n) is 5.12. The van der Waals surface area contributed by atoms with Crippen LogP contribution in [-0.2, 0) is 20.6 Å². The van der Waals surface area contributed by atoms with E-state index in [4.69, 9.17) is 11.6 Å². The van der Waals surface area contributed by atoms with Gasteiger partial charge in [0.1, 0.15) is 0 Å². The number of halogens is 1. The van der Waals surface area contributed by atoms with Crippen LogP contribution in [0.4, 0.5) is 0 Å². The monoisotopic (exact) mass is 452 g/mol. The summed E-state index contributed by atoms with van der Waals surface area (Å²) in [7, 11) is 3.08. The molecule has 0 spiro atoms. The Bertz CT molecular complexity index is 1530. The Morgan fingerprint density at radius 3 is 2.48 bits per heavy atom. The molecule has 31 heavy (non-hydrogen) atoms. The van der Waals surface area contributed by atoms with Crippen molar-refractivity contribution >= 4 is 45.6 Å². The van der Waals surface area contributed by atoms with E-state index in [0.717, 1.165) is 21.2 Å². The van der Waals surface area contributed by atoms with Crippen LogP contribution in [0.1, 0.15) is 5.56 Å². The number of imidazole rings is 2. The third kappa shape index (κ3) is 3.35. The zero-order chi connectivity index (χ0) is 21.7. The number of aromatic amines is 1. The number of rotatable bonds is 4. The van der Waals surface area contributed by atoms with E-state index in [1.54, 1.807) is 19.2 Å². The van der Waals surface area contributed by atoms with Crippen LogP contribution >= 0.6 is 23.4 Å². The number of hydrogen-bond donors (Lipinski definition) is 1. The number of aryl methyl sites for hydroxylation is 1. The van der Waals surface area contributed by atoms with Crippen LogP contribution in [0.5, 0.6) is 0 Å². The molecule has 5 aromatic rings. The highest BCUT2D eigenvalue weighted by atomic mass is 35.5. The summed E-state index contributed by atoms with van der Waals surface area (Å²) in [6.07, 6.45) is 0. The van der Waals surface area contributed by atoms with Gasteiger partial charge in [0.05, 0.1) is 17.6 Å². The van der Waals surface area contributed by atoms with Crippen LogP contribution in [0.15, 0.2) is 68.4 Å². The van der Waals surface area contributed by atoms with Crippen molar-refractivity contribution in [2.75, 3.05) is 0 Å². The van der Waals surface area contributed by atoms with Crippen molar-refractivity contribution in [2.24, 2.45) is 14.1 Å². The fourth-order valence-electron chi connectivity index (χ4n) is 3.49. The highest BCUT2D eigenvalue weighted by molar-refractivity contribution is 7.99. The lowest BCUT2D eigenvalue weighted by Gasteiger charge is -2.09. The molecule has 156 valence electrons. The maximum atomic E-state index is 13.0. The van der Waals surface area contributed by atoms with Gasteiger partial charge in [0.2, 0.25) is 0 Å². The fraction of sp³-hybridized carbons (Fsp3) is 0.143. The summed E-state index contributed by atoms with van der Waals surface area (Å²) in [5.41, 5.74) is 2.58. The van der Waals surface area contributed by atoms with Gasteiger partial charge in [-0.15, -0.1) is 0 Å². The second kappa shape index (κ2) is 7.44. The number of nitrogens with one attached hydrogen (secondary N) is 1. The molecule has 0 radical (unpaired) electrons. The fourth-order valence-corrected chi connectivity index (χ4v) is 4.49. The zero-order valence-corrected chi connectivity index (χ0v) is 18.2. The van der Waals surface area contributed by atoms with Gasteiger partial charge in [-0.05, 0) is 41.6 Å². The highest BCUT2D eigenvalue weighted by Crippen LogP contribution is 2.29. The minimum atomic E-state index is -0.422. The van der Waals surface area contributed by atoms with Crippen LogP contribution < -0.4 is 11.2 Å². The molecular formula is C21H17ClN6O2S. The number of hydrogen-bond acceptors (Lipinski definition) is 5. The molecule has 0 amide bonds. The maximum Gasteiger partial charge on any atom is 0.332 e. The van der Waals surface area contributed by atoms with Crippen molar-refractivity contribution in [2.45, 2.75) is 16.9 Å². The molecule has 0 unspecified atom stereocenters. The van der Waals surface area contributed by atoms with Gasteiger partial charge < -0.3 is 9.55 Å². The Morgan fingerprint density at radius 2 is 1.74 bits per heavy atom. The molecule has 0 saturated heterocycles. The van der Waals surface area contributed by atoms with E-state index in [0.29, 0.717) is 33.0 Å². The van der Waals surface area contributed by atoms with E-state index in [9.17, 15) is 9.59 Å². The number of fused-ring (bicyclic) bond motifs is 2. The first-order valence-corrected chi connectivity index (χ1v) is 10.6. The lowest BCUT2D eigenvalue weighted by atomic mass is 10.2. The SMILES string of the molecule is Cn1c(=O)c2c(nc(Sc3nc4ccccc4[nH]3)n2Cc2ccc(Cl)cc2)n(C)c1=O. The van der Waals surface area contributed by atoms with Gasteiger partial charge in [-0.3, -0.25) is 13.9 Å². The molecule has 3 heterocycles. The number of aromatic nitrogens is 6. The number of nitrogens with zero attached hydrogens (tertiary/aromatic N) is 5. The van der Waals surface area contributed by atoms with E-state index < -0.39 is 11.2 Å². The second-order valence-corrected chi connectivity index (χ2v) is 8.54. The first kappa shape index (κ1) is 19.7. The molecule has 0 fully saturated rings. The van der Waals surface area contributed by atoms with Crippen molar-refractivity contribution in [3.8, 4) is 0 Å². The predicted molar refractivity (Wildman–Crippen MR) is 121 cm³/mol. The third-order valence-corrected chi connectivity index (χ3v) is 6.26. The smallest absolute Gasteiger partial charge is 0.332 e. The summed E-state index contributed by atoms with van der Waals surface area (Å²) < 4.78 is 4.30. The van der Waals surface area contributed by atoms with E-state index >= 15 is 0 Å². The van der Waals surface area contributed by atoms with Crippen LogP contribution in [0.2, 0.25) is 5.02 Å². The van der Waals surface area contributed by atoms with Crippen LogP contribution in [0.3, 0.4) is 0 Å². The molecule has 2 aromatic carbocycles. The molecule has 8 nitrogen and oxygen atoms in total. The molecule has 0 aliphatic heterocycles. The lowest BCUT2D eigenvalue weighted by Crippen LogP contribution is -2.37. The quantitative estimate of drug-likeness (QED) is 0.452. The summed E-state index contributed by atoms with van der Waals surface area (Å²) in [5, 5.41) is 1.84. The summed E-state index contributed by atoms with van der Waals surface area (Å²) in [6, 6.07) is 15.1. The molecule has 0 atom stereocenters. The minimum Gasteiger partial charge on any atom is -0.333 e. The molecular weight excluding hydrogens is 436 g/mol. The molecule has 3 aromatic heterocycles. The standard InChI is InChI=1S/C21H17ClN6O2S/c1-26-17-16(18(29)27(2)21(26)30)28(11-12-7-9-13(22)10-8-12)20(25-17)31-19-23-14-5-3-4-6-15(14)24-19/h3-10H,11H2,1-2H3,(H,23,24). The summed E-state index contributed by atoms with van der Waals surface area (Å²) in [5.74, 6) is 0. The average molecular weight is 453 g/mol. The van der Waals surface area contributed by atoms with Crippen molar-refractivity contribution < 1.29 is 0 Å². The van der Waals surface area contributed by atoms with Crippen LogP contribution in [0.25, 0.3) is 22.2 Å². The Kier molecular flexibility index (Phi) is 4.71. The first-order valence-electron chi connectivity index (χ1n) is 9.45. The second-order valence-electron chi connectivity index (χ2n) is 7.15.